The third kappa shape index (κ3) is 4.50. The van der Waals surface area contributed by atoms with Crippen LogP contribution >= 0.6 is 11.3 Å². The van der Waals surface area contributed by atoms with Gasteiger partial charge in [0.1, 0.15) is 4.21 Å². The lowest BCUT2D eigenvalue weighted by atomic mass is 10.1. The van der Waals surface area contributed by atoms with E-state index in [1.165, 1.54) is 25.2 Å². The normalized spacial score (nSPS) is 12.2. The highest BCUT2D eigenvalue weighted by Crippen LogP contribution is 2.33. The molecule has 10 heteroatoms. The molecule has 5 nitrogen and oxygen atoms in total. The summed E-state index contributed by atoms with van der Waals surface area (Å²) in [6, 6.07) is 7.88. The number of likely N-dealkylation sites (N-methyl/N-ethyl adjacent to an activating group) is 1. The van der Waals surface area contributed by atoms with E-state index < -0.39 is 27.3 Å². The largest absolute Gasteiger partial charge is 0.417 e. The first-order chi connectivity index (χ1) is 11.7. The fourth-order valence-electron chi connectivity index (χ4n) is 2.03. The first-order valence-electron chi connectivity index (χ1n) is 7.01. The second-order valence-corrected chi connectivity index (χ2v) is 8.27. The minimum atomic E-state index is -4.64. The number of sulfonamides is 1. The van der Waals surface area contributed by atoms with Crippen molar-refractivity contribution in [2.24, 2.45) is 0 Å². The standard InChI is InChI=1S/C15H14F3N3O2S2/c1-21(25(22,23)14-3-2-8-24-14)7-6-20-12-5-4-11(10-19)13(9-12)15(16,17)18/h2-5,8-9,20H,6-7H2,1H3. The van der Waals surface area contributed by atoms with Gasteiger partial charge in [-0.1, -0.05) is 6.07 Å². The molecule has 0 unspecified atom stereocenters. The summed E-state index contributed by atoms with van der Waals surface area (Å²) in [4.78, 5) is 0. The van der Waals surface area contributed by atoms with Gasteiger partial charge in [0, 0.05) is 25.8 Å². The fraction of sp³-hybridized carbons (Fsp3) is 0.267. The Kier molecular flexibility index (Phi) is 5.72. The van der Waals surface area contributed by atoms with Crippen LogP contribution in [0.3, 0.4) is 0 Å². The number of thiophene rings is 1. The van der Waals surface area contributed by atoms with E-state index in [1.54, 1.807) is 11.4 Å². The smallest absolute Gasteiger partial charge is 0.384 e. The molecule has 1 aromatic heterocycles. The third-order valence-corrected chi connectivity index (χ3v) is 6.59. The molecule has 0 saturated heterocycles. The minimum absolute atomic E-state index is 0.0710. The highest BCUT2D eigenvalue weighted by atomic mass is 32.2. The predicted molar refractivity (Wildman–Crippen MR) is 88.8 cm³/mol. The average molecular weight is 389 g/mol. The number of halogens is 3. The van der Waals surface area contributed by atoms with Gasteiger partial charge in [0.05, 0.1) is 17.2 Å². The van der Waals surface area contributed by atoms with Gasteiger partial charge in [-0.15, -0.1) is 11.3 Å². The molecule has 0 spiro atoms. The summed E-state index contributed by atoms with van der Waals surface area (Å²) in [6.45, 7) is 0.186. The summed E-state index contributed by atoms with van der Waals surface area (Å²) in [6.07, 6.45) is -4.64. The van der Waals surface area contributed by atoms with Crippen molar-refractivity contribution in [1.82, 2.24) is 4.31 Å². The maximum atomic E-state index is 12.9. The monoisotopic (exact) mass is 389 g/mol. The van der Waals surface area contributed by atoms with E-state index in [4.69, 9.17) is 5.26 Å². The number of nitrogens with zero attached hydrogens (tertiary/aromatic N) is 2. The number of hydrogen-bond donors (Lipinski definition) is 1. The Hall–Kier alpha value is -2.09. The molecule has 2 rings (SSSR count). The zero-order chi connectivity index (χ0) is 18.7. The third-order valence-electron chi connectivity index (χ3n) is 3.36. The summed E-state index contributed by atoms with van der Waals surface area (Å²) in [7, 11) is -2.20. The molecule has 1 aromatic carbocycles. The summed E-state index contributed by atoms with van der Waals surface area (Å²) in [5.41, 5.74) is -1.33. The molecule has 0 aliphatic carbocycles. The van der Waals surface area contributed by atoms with Crippen LogP contribution in [0.1, 0.15) is 11.1 Å². The van der Waals surface area contributed by atoms with Crippen molar-refractivity contribution >= 4 is 27.0 Å². The van der Waals surface area contributed by atoms with Crippen LogP contribution in [0.4, 0.5) is 18.9 Å². The lowest BCUT2D eigenvalue weighted by Gasteiger charge is -2.17. The van der Waals surface area contributed by atoms with Crippen LogP contribution in [0.15, 0.2) is 39.9 Å². The van der Waals surface area contributed by atoms with Crippen LogP contribution in [-0.4, -0.2) is 32.9 Å². The lowest BCUT2D eigenvalue weighted by molar-refractivity contribution is -0.137. The van der Waals surface area contributed by atoms with Gasteiger partial charge < -0.3 is 5.32 Å². The van der Waals surface area contributed by atoms with Crippen molar-refractivity contribution < 1.29 is 21.6 Å². The number of benzene rings is 1. The molecule has 0 atom stereocenters. The van der Waals surface area contributed by atoms with E-state index in [1.807, 2.05) is 0 Å². The van der Waals surface area contributed by atoms with E-state index in [9.17, 15) is 21.6 Å². The zero-order valence-corrected chi connectivity index (χ0v) is 14.7. The van der Waals surface area contributed by atoms with E-state index >= 15 is 0 Å². The Labute approximate surface area is 147 Å². The summed E-state index contributed by atoms with van der Waals surface area (Å²) >= 11 is 1.09. The van der Waals surface area contributed by atoms with Crippen molar-refractivity contribution in [1.29, 1.82) is 5.26 Å². The molecule has 0 radical (unpaired) electrons. The van der Waals surface area contributed by atoms with E-state index in [2.05, 4.69) is 5.32 Å². The molecule has 1 heterocycles. The summed E-state index contributed by atoms with van der Waals surface area (Å²) in [5, 5.41) is 13.2. The van der Waals surface area contributed by atoms with E-state index in [0.29, 0.717) is 0 Å². The minimum Gasteiger partial charge on any atom is -0.384 e. The zero-order valence-electron chi connectivity index (χ0n) is 13.0. The van der Waals surface area contributed by atoms with E-state index in [-0.39, 0.29) is 23.0 Å². The maximum Gasteiger partial charge on any atom is 0.417 e. The maximum absolute atomic E-state index is 12.9. The van der Waals surface area contributed by atoms with Crippen LogP contribution in [0, 0.1) is 11.3 Å². The Balaban J connectivity index is 2.04. The van der Waals surface area contributed by atoms with Gasteiger partial charge in [0.25, 0.3) is 10.0 Å². The SMILES string of the molecule is CN(CCNc1ccc(C#N)c(C(F)(F)F)c1)S(=O)(=O)c1cccs1. The second-order valence-electron chi connectivity index (χ2n) is 5.06. The first kappa shape index (κ1) is 19.2. The summed E-state index contributed by atoms with van der Waals surface area (Å²) < 4.78 is 64.5. The van der Waals surface area contributed by atoms with Gasteiger partial charge in [-0.2, -0.15) is 22.7 Å². The molecule has 0 aliphatic heterocycles. The van der Waals surface area contributed by atoms with Crippen LogP contribution < -0.4 is 5.32 Å². The number of rotatable bonds is 6. The van der Waals surface area contributed by atoms with Gasteiger partial charge >= 0.3 is 6.18 Å². The van der Waals surface area contributed by atoms with Crippen molar-refractivity contribution in [3.63, 3.8) is 0 Å². The van der Waals surface area contributed by atoms with Crippen molar-refractivity contribution in [2.75, 3.05) is 25.5 Å². The predicted octanol–water partition coefficient (Wildman–Crippen LogP) is 3.37. The molecule has 0 amide bonds. The topological polar surface area (TPSA) is 73.2 Å². The Morgan fingerprint density at radius 2 is 2.04 bits per heavy atom. The quantitative estimate of drug-likeness (QED) is 0.822. The van der Waals surface area contributed by atoms with Gasteiger partial charge in [-0.05, 0) is 29.6 Å². The second kappa shape index (κ2) is 7.43. The molecule has 0 aliphatic rings. The number of nitriles is 1. The highest BCUT2D eigenvalue weighted by Gasteiger charge is 2.33. The average Bonchev–Trinajstić information content (AvgIpc) is 3.09. The molecule has 2 aromatic rings. The number of anilines is 1. The number of alkyl halides is 3. The van der Waals surface area contributed by atoms with Crippen LogP contribution in [0.25, 0.3) is 0 Å². The first-order valence-corrected chi connectivity index (χ1v) is 9.33. The van der Waals surface area contributed by atoms with Gasteiger partial charge in [0.15, 0.2) is 0 Å². The van der Waals surface area contributed by atoms with Crippen LogP contribution in [0.5, 0.6) is 0 Å². The van der Waals surface area contributed by atoms with Gasteiger partial charge in [-0.25, -0.2) is 8.42 Å². The molecular formula is C15H14F3N3O2S2. The molecule has 134 valence electrons. The van der Waals surface area contributed by atoms with Crippen molar-refractivity contribution in [2.45, 2.75) is 10.4 Å². The molecule has 25 heavy (non-hydrogen) atoms. The molecule has 0 saturated carbocycles. The lowest BCUT2D eigenvalue weighted by Crippen LogP contribution is -2.31. The Morgan fingerprint density at radius 1 is 1.32 bits per heavy atom. The fourth-order valence-corrected chi connectivity index (χ4v) is 4.40. The Morgan fingerprint density at radius 3 is 2.60 bits per heavy atom. The summed E-state index contributed by atoms with van der Waals surface area (Å²) in [5.74, 6) is 0. The molecule has 0 bridgehead atoms. The van der Waals surface area contributed by atoms with Crippen LogP contribution in [-0.2, 0) is 16.2 Å². The number of nitrogens with one attached hydrogen (secondary N) is 1. The van der Waals surface area contributed by atoms with Crippen LogP contribution in [0.2, 0.25) is 0 Å². The number of hydrogen-bond acceptors (Lipinski definition) is 5. The molecule has 0 fully saturated rings. The van der Waals surface area contributed by atoms with Crippen molar-refractivity contribution in [3.05, 3.63) is 46.8 Å². The van der Waals surface area contributed by atoms with E-state index in [0.717, 1.165) is 27.8 Å². The molecule has 1 N–H and O–H groups in total. The highest BCUT2D eigenvalue weighted by molar-refractivity contribution is 7.91. The van der Waals surface area contributed by atoms with Crippen molar-refractivity contribution in [3.8, 4) is 6.07 Å². The van der Waals surface area contributed by atoms with Gasteiger partial charge in [0.2, 0.25) is 0 Å². The molecular weight excluding hydrogens is 375 g/mol. The Bertz CT molecular complexity index is 872. The van der Waals surface area contributed by atoms with Gasteiger partial charge in [-0.3, -0.25) is 0 Å².